The number of hydrogen-bond donors (Lipinski definition) is 1. The highest BCUT2D eigenvalue weighted by molar-refractivity contribution is 7.92. The summed E-state index contributed by atoms with van der Waals surface area (Å²) in [7, 11) is -4.38. The van der Waals surface area contributed by atoms with Crippen LogP contribution in [0.3, 0.4) is 0 Å². The fraction of sp³-hybridized carbons (Fsp3) is 0.278. The Kier molecular flexibility index (Phi) is 11.4. The van der Waals surface area contributed by atoms with Crippen LogP contribution in [0, 0.1) is 11.6 Å². The van der Waals surface area contributed by atoms with Gasteiger partial charge in [0.15, 0.2) is 0 Å². The molecule has 0 heterocycles. The van der Waals surface area contributed by atoms with Crippen molar-refractivity contribution in [3.8, 4) is 5.75 Å². The Bertz CT molecular complexity index is 1740. The van der Waals surface area contributed by atoms with E-state index in [1.807, 2.05) is 51.1 Å². The third-order valence-electron chi connectivity index (χ3n) is 7.15. The standard InChI is InChI=1S/C36H39F2N3O5S/c1-5-46-31-19-21-32(22-20-31)47(44,45)41(30-17-15-29(38)16-18-30)25-34(42)40(24-27-11-13-28(37)14-12-27)33(35(43)39-36(2,3)4)23-26-9-7-6-8-10-26/h6-22,33H,5,23-25H2,1-4H3,(H,39,43). The molecule has 1 unspecified atom stereocenters. The fourth-order valence-corrected chi connectivity index (χ4v) is 6.35. The van der Waals surface area contributed by atoms with Crippen molar-refractivity contribution in [1.82, 2.24) is 10.2 Å². The molecule has 0 aliphatic heterocycles. The lowest BCUT2D eigenvalue weighted by molar-refractivity contribution is -0.140. The van der Waals surface area contributed by atoms with Gasteiger partial charge >= 0.3 is 0 Å². The maximum absolute atomic E-state index is 14.5. The van der Waals surface area contributed by atoms with E-state index in [0.29, 0.717) is 17.9 Å². The molecule has 47 heavy (non-hydrogen) atoms. The predicted octanol–water partition coefficient (Wildman–Crippen LogP) is 6.11. The average Bonchev–Trinajstić information content (AvgIpc) is 3.03. The molecule has 0 spiro atoms. The molecule has 0 radical (unpaired) electrons. The van der Waals surface area contributed by atoms with Gasteiger partial charge in [-0.3, -0.25) is 13.9 Å². The zero-order valence-corrected chi connectivity index (χ0v) is 27.6. The van der Waals surface area contributed by atoms with Crippen LogP contribution in [0.5, 0.6) is 5.75 Å². The number of nitrogens with zero attached hydrogens (tertiary/aromatic N) is 2. The first kappa shape index (κ1) is 35.1. The summed E-state index contributed by atoms with van der Waals surface area (Å²) in [6.45, 7) is 6.81. The monoisotopic (exact) mass is 663 g/mol. The maximum atomic E-state index is 14.5. The van der Waals surface area contributed by atoms with Crippen LogP contribution in [-0.2, 0) is 32.6 Å². The van der Waals surface area contributed by atoms with Crippen molar-refractivity contribution in [3.63, 3.8) is 0 Å². The Morgan fingerprint density at radius 2 is 1.38 bits per heavy atom. The SMILES string of the molecule is CCOc1ccc(S(=O)(=O)N(CC(=O)N(Cc2ccc(F)cc2)C(Cc2ccccc2)C(=O)NC(C)(C)C)c2ccc(F)cc2)cc1. The summed E-state index contributed by atoms with van der Waals surface area (Å²) in [6.07, 6.45) is 0.123. The Hall–Kier alpha value is -4.77. The van der Waals surface area contributed by atoms with E-state index in [0.717, 1.165) is 22.0 Å². The maximum Gasteiger partial charge on any atom is 0.264 e. The molecule has 1 N–H and O–H groups in total. The number of carbonyl (C=O) groups excluding carboxylic acids is 2. The topological polar surface area (TPSA) is 96.0 Å². The molecule has 1 atom stereocenters. The summed E-state index contributed by atoms with van der Waals surface area (Å²) in [4.78, 5) is 29.6. The number of nitrogens with one attached hydrogen (secondary N) is 1. The smallest absolute Gasteiger partial charge is 0.264 e. The molecule has 4 aromatic rings. The van der Waals surface area contributed by atoms with Gasteiger partial charge in [-0.15, -0.1) is 0 Å². The molecule has 11 heteroatoms. The first-order valence-electron chi connectivity index (χ1n) is 15.2. The largest absolute Gasteiger partial charge is 0.494 e. The van der Waals surface area contributed by atoms with Crippen LogP contribution < -0.4 is 14.4 Å². The fourth-order valence-electron chi connectivity index (χ4n) is 4.93. The lowest BCUT2D eigenvalue weighted by Crippen LogP contribution is -2.56. The van der Waals surface area contributed by atoms with Crippen molar-refractivity contribution in [3.05, 3.63) is 126 Å². The number of rotatable bonds is 13. The number of carbonyl (C=O) groups is 2. The van der Waals surface area contributed by atoms with Crippen LogP contribution in [-0.4, -0.2) is 49.9 Å². The second-order valence-electron chi connectivity index (χ2n) is 12.0. The van der Waals surface area contributed by atoms with Gasteiger partial charge in [0.25, 0.3) is 10.0 Å². The summed E-state index contributed by atoms with van der Waals surface area (Å²) < 4.78 is 62.4. The Balaban J connectivity index is 1.80. The van der Waals surface area contributed by atoms with E-state index in [9.17, 15) is 26.8 Å². The zero-order valence-electron chi connectivity index (χ0n) is 26.8. The molecule has 4 rings (SSSR count). The first-order valence-corrected chi connectivity index (χ1v) is 16.6. The van der Waals surface area contributed by atoms with E-state index in [1.54, 1.807) is 6.92 Å². The molecule has 4 aromatic carbocycles. The van der Waals surface area contributed by atoms with Gasteiger partial charge in [0.05, 0.1) is 17.2 Å². The highest BCUT2D eigenvalue weighted by Crippen LogP contribution is 2.27. The molecule has 0 fully saturated rings. The van der Waals surface area contributed by atoms with Crippen molar-refractivity contribution in [2.24, 2.45) is 0 Å². The van der Waals surface area contributed by atoms with Gasteiger partial charge in [0.2, 0.25) is 11.8 Å². The third kappa shape index (κ3) is 9.62. The number of halogens is 2. The van der Waals surface area contributed by atoms with E-state index in [2.05, 4.69) is 5.32 Å². The number of hydrogen-bond acceptors (Lipinski definition) is 5. The van der Waals surface area contributed by atoms with Crippen LogP contribution in [0.25, 0.3) is 0 Å². The van der Waals surface area contributed by atoms with Crippen LogP contribution in [0.2, 0.25) is 0 Å². The highest BCUT2D eigenvalue weighted by Gasteiger charge is 2.35. The third-order valence-corrected chi connectivity index (χ3v) is 8.94. The summed E-state index contributed by atoms with van der Waals surface area (Å²) >= 11 is 0. The van der Waals surface area contributed by atoms with Gasteiger partial charge in [-0.1, -0.05) is 42.5 Å². The Morgan fingerprint density at radius 3 is 1.94 bits per heavy atom. The molecule has 8 nitrogen and oxygen atoms in total. The molecule has 248 valence electrons. The zero-order chi connectivity index (χ0) is 34.2. The van der Waals surface area contributed by atoms with Gasteiger partial charge in [-0.2, -0.15) is 0 Å². The summed E-state index contributed by atoms with van der Waals surface area (Å²) in [5.41, 5.74) is 0.711. The second-order valence-corrected chi connectivity index (χ2v) is 13.8. The minimum Gasteiger partial charge on any atom is -0.494 e. The number of amides is 2. The van der Waals surface area contributed by atoms with Crippen molar-refractivity contribution in [1.29, 1.82) is 0 Å². The van der Waals surface area contributed by atoms with E-state index in [1.165, 1.54) is 65.6 Å². The molecular formula is C36H39F2N3O5S. The summed E-state index contributed by atoms with van der Waals surface area (Å²) in [5, 5.41) is 2.95. The quantitative estimate of drug-likeness (QED) is 0.186. The van der Waals surface area contributed by atoms with Gasteiger partial charge in [-0.25, -0.2) is 17.2 Å². The minimum atomic E-state index is -4.38. The number of sulfonamides is 1. The molecule has 0 aliphatic rings. The van der Waals surface area contributed by atoms with Gasteiger partial charge in [0, 0.05) is 18.5 Å². The van der Waals surface area contributed by atoms with E-state index >= 15 is 0 Å². The molecule has 0 bridgehead atoms. The molecule has 0 saturated carbocycles. The first-order chi connectivity index (χ1) is 22.3. The van der Waals surface area contributed by atoms with Gasteiger partial charge in [-0.05, 0) is 99.5 Å². The van der Waals surface area contributed by atoms with Gasteiger partial charge < -0.3 is 15.0 Å². The number of benzene rings is 4. The number of ether oxygens (including phenoxy) is 1. The van der Waals surface area contributed by atoms with E-state index < -0.39 is 51.6 Å². The molecule has 0 aliphatic carbocycles. The lowest BCUT2D eigenvalue weighted by Gasteiger charge is -2.35. The predicted molar refractivity (Wildman–Crippen MR) is 177 cm³/mol. The lowest BCUT2D eigenvalue weighted by atomic mass is 10.0. The molecular weight excluding hydrogens is 624 g/mol. The summed E-state index contributed by atoms with van der Waals surface area (Å²) in [6, 6.07) is 24.1. The van der Waals surface area contributed by atoms with Crippen molar-refractivity contribution in [2.45, 2.75) is 57.1 Å². The van der Waals surface area contributed by atoms with Crippen molar-refractivity contribution < 1.29 is 31.5 Å². The van der Waals surface area contributed by atoms with Crippen LogP contribution >= 0.6 is 0 Å². The second kappa shape index (κ2) is 15.2. The van der Waals surface area contributed by atoms with E-state index in [4.69, 9.17) is 4.74 Å². The number of anilines is 1. The van der Waals surface area contributed by atoms with Crippen LogP contribution in [0.4, 0.5) is 14.5 Å². The molecule has 0 aromatic heterocycles. The van der Waals surface area contributed by atoms with E-state index in [-0.39, 0.29) is 23.5 Å². The highest BCUT2D eigenvalue weighted by atomic mass is 32.2. The minimum absolute atomic E-state index is 0.0501. The normalized spacial score (nSPS) is 12.2. The van der Waals surface area contributed by atoms with Crippen molar-refractivity contribution >= 4 is 27.5 Å². The Labute approximate surface area is 275 Å². The average molecular weight is 664 g/mol. The van der Waals surface area contributed by atoms with Crippen molar-refractivity contribution in [2.75, 3.05) is 17.5 Å². The summed E-state index contributed by atoms with van der Waals surface area (Å²) in [5.74, 6) is -1.73. The molecule has 2 amide bonds. The molecule has 0 saturated heterocycles. The van der Waals surface area contributed by atoms with Crippen LogP contribution in [0.1, 0.15) is 38.8 Å². The van der Waals surface area contributed by atoms with Gasteiger partial charge in [0.1, 0.15) is 30.0 Å². The van der Waals surface area contributed by atoms with Crippen LogP contribution in [0.15, 0.2) is 108 Å². The Morgan fingerprint density at radius 1 is 0.809 bits per heavy atom.